The average Bonchev–Trinajstić information content (AvgIpc) is 3.36. The van der Waals surface area contributed by atoms with Gasteiger partial charge in [-0.3, -0.25) is 14.7 Å². The molecule has 2 aromatic rings. The third-order valence-electron chi connectivity index (χ3n) is 6.55. The number of benzene rings is 1. The molecule has 0 aliphatic carbocycles. The molecule has 6 nitrogen and oxygen atoms in total. The van der Waals surface area contributed by atoms with Gasteiger partial charge in [0, 0.05) is 32.3 Å². The summed E-state index contributed by atoms with van der Waals surface area (Å²) >= 11 is 0. The Balaban J connectivity index is 1.27. The summed E-state index contributed by atoms with van der Waals surface area (Å²) in [5.74, 6) is 1.07. The van der Waals surface area contributed by atoms with Crippen LogP contribution >= 0.6 is 0 Å². The van der Waals surface area contributed by atoms with Crippen molar-refractivity contribution in [1.29, 1.82) is 0 Å². The molecule has 0 unspecified atom stereocenters. The Morgan fingerprint density at radius 3 is 2.77 bits per heavy atom. The first-order valence-electron chi connectivity index (χ1n) is 11.4. The first-order valence-corrected chi connectivity index (χ1v) is 11.4. The molecule has 2 saturated heterocycles. The van der Waals surface area contributed by atoms with Gasteiger partial charge in [-0.05, 0) is 62.6 Å². The summed E-state index contributed by atoms with van der Waals surface area (Å²) in [6, 6.07) is 10.9. The van der Waals surface area contributed by atoms with E-state index in [1.165, 1.54) is 17.5 Å². The van der Waals surface area contributed by atoms with Crippen LogP contribution < -0.4 is 4.74 Å². The van der Waals surface area contributed by atoms with Gasteiger partial charge in [0.1, 0.15) is 11.4 Å². The second-order valence-corrected chi connectivity index (χ2v) is 9.49. The van der Waals surface area contributed by atoms with E-state index >= 15 is 0 Å². The quantitative estimate of drug-likeness (QED) is 0.755. The van der Waals surface area contributed by atoms with Crippen LogP contribution in [0.1, 0.15) is 59.9 Å². The Kier molecular flexibility index (Phi) is 5.44. The Labute approximate surface area is 184 Å². The third kappa shape index (κ3) is 4.32. The molecule has 0 N–H and O–H groups in total. The van der Waals surface area contributed by atoms with Crippen LogP contribution in [-0.2, 0) is 17.7 Å². The van der Waals surface area contributed by atoms with Gasteiger partial charge >= 0.3 is 0 Å². The molecule has 6 heteroatoms. The lowest BCUT2D eigenvalue weighted by atomic mass is 10.00. The van der Waals surface area contributed by atoms with E-state index in [4.69, 9.17) is 14.5 Å². The van der Waals surface area contributed by atoms with Crippen molar-refractivity contribution in [1.82, 2.24) is 14.8 Å². The van der Waals surface area contributed by atoms with E-state index < -0.39 is 0 Å². The van der Waals surface area contributed by atoms with Crippen molar-refractivity contribution >= 4 is 5.91 Å². The van der Waals surface area contributed by atoms with E-state index in [-0.39, 0.29) is 11.5 Å². The SMILES string of the molecule is CC1(C)Cc2cc(CN3CCC[C@@H]3c3ccc(C(=O)N4CCOCC4)cn3)ccc2O1. The molecule has 0 saturated carbocycles. The number of amides is 1. The fourth-order valence-electron chi connectivity index (χ4n) is 5.02. The van der Waals surface area contributed by atoms with Gasteiger partial charge in [-0.1, -0.05) is 12.1 Å². The highest BCUT2D eigenvalue weighted by molar-refractivity contribution is 5.94. The molecule has 0 spiro atoms. The van der Waals surface area contributed by atoms with Gasteiger partial charge in [-0.15, -0.1) is 0 Å². The molecule has 1 aromatic heterocycles. The summed E-state index contributed by atoms with van der Waals surface area (Å²) in [5, 5.41) is 0. The number of hydrogen-bond donors (Lipinski definition) is 0. The molecule has 2 fully saturated rings. The zero-order valence-corrected chi connectivity index (χ0v) is 18.5. The smallest absolute Gasteiger partial charge is 0.255 e. The van der Waals surface area contributed by atoms with Crippen LogP contribution in [0, 0.1) is 0 Å². The maximum atomic E-state index is 12.7. The molecule has 1 amide bonds. The molecular formula is C25H31N3O3. The van der Waals surface area contributed by atoms with Crippen LogP contribution in [0.3, 0.4) is 0 Å². The second kappa shape index (κ2) is 8.24. The fraction of sp³-hybridized carbons (Fsp3) is 0.520. The van der Waals surface area contributed by atoms with E-state index in [0.717, 1.165) is 37.4 Å². The van der Waals surface area contributed by atoms with Crippen molar-refractivity contribution in [2.24, 2.45) is 0 Å². The number of likely N-dealkylation sites (tertiary alicyclic amines) is 1. The zero-order chi connectivity index (χ0) is 21.4. The van der Waals surface area contributed by atoms with Crippen LogP contribution in [0.2, 0.25) is 0 Å². The van der Waals surface area contributed by atoms with E-state index in [2.05, 4.69) is 36.9 Å². The molecule has 3 aliphatic heterocycles. The number of morpholine rings is 1. The predicted octanol–water partition coefficient (Wildman–Crippen LogP) is 3.60. The van der Waals surface area contributed by atoms with Crippen molar-refractivity contribution in [2.45, 2.75) is 51.3 Å². The van der Waals surface area contributed by atoms with Gasteiger partial charge in [0.15, 0.2) is 0 Å². The van der Waals surface area contributed by atoms with Crippen LogP contribution in [0.25, 0.3) is 0 Å². The first kappa shape index (κ1) is 20.5. The maximum Gasteiger partial charge on any atom is 0.255 e. The van der Waals surface area contributed by atoms with E-state index in [0.29, 0.717) is 37.9 Å². The fourth-order valence-corrected chi connectivity index (χ4v) is 5.02. The number of carbonyl (C=O) groups excluding carboxylic acids is 1. The number of ether oxygens (including phenoxy) is 2. The average molecular weight is 422 g/mol. The summed E-state index contributed by atoms with van der Waals surface area (Å²) in [6.07, 6.45) is 4.98. The lowest BCUT2D eigenvalue weighted by Gasteiger charge is -2.27. The van der Waals surface area contributed by atoms with Crippen molar-refractivity contribution in [3.63, 3.8) is 0 Å². The molecule has 5 rings (SSSR count). The third-order valence-corrected chi connectivity index (χ3v) is 6.55. The van der Waals surface area contributed by atoms with Gasteiger partial charge in [0.05, 0.1) is 30.5 Å². The largest absolute Gasteiger partial charge is 0.487 e. The van der Waals surface area contributed by atoms with Gasteiger partial charge in [-0.25, -0.2) is 0 Å². The van der Waals surface area contributed by atoms with E-state index in [1.54, 1.807) is 6.20 Å². The van der Waals surface area contributed by atoms with Crippen LogP contribution in [-0.4, -0.2) is 59.1 Å². The van der Waals surface area contributed by atoms with Gasteiger partial charge < -0.3 is 14.4 Å². The minimum Gasteiger partial charge on any atom is -0.487 e. The topological polar surface area (TPSA) is 54.9 Å². The van der Waals surface area contributed by atoms with Gasteiger partial charge in [0.25, 0.3) is 5.91 Å². The summed E-state index contributed by atoms with van der Waals surface area (Å²) in [5.41, 5.74) is 4.24. The molecular weight excluding hydrogens is 390 g/mol. The normalized spacial score (nSPS) is 22.9. The minimum atomic E-state index is -0.110. The summed E-state index contributed by atoms with van der Waals surface area (Å²) in [4.78, 5) is 21.7. The zero-order valence-electron chi connectivity index (χ0n) is 18.5. The lowest BCUT2D eigenvalue weighted by molar-refractivity contribution is 0.0302. The maximum absolute atomic E-state index is 12.7. The number of nitrogens with zero attached hydrogens (tertiary/aromatic N) is 3. The van der Waals surface area contributed by atoms with Gasteiger partial charge in [-0.2, -0.15) is 0 Å². The predicted molar refractivity (Wildman–Crippen MR) is 118 cm³/mol. The molecule has 0 radical (unpaired) electrons. The Morgan fingerprint density at radius 1 is 1.16 bits per heavy atom. The number of rotatable bonds is 4. The number of hydrogen-bond acceptors (Lipinski definition) is 5. The molecule has 4 heterocycles. The standard InChI is InChI=1S/C25H31N3O3/c1-25(2)15-20-14-18(5-8-23(20)31-25)17-28-9-3-4-22(28)21-7-6-19(16-26-21)24(29)27-10-12-30-13-11-27/h5-8,14,16,22H,3-4,9-13,15,17H2,1-2H3/t22-/m1/s1. The van der Waals surface area contributed by atoms with Crippen molar-refractivity contribution in [2.75, 3.05) is 32.8 Å². The number of aromatic nitrogens is 1. The van der Waals surface area contributed by atoms with Gasteiger partial charge in [0.2, 0.25) is 0 Å². The Morgan fingerprint density at radius 2 is 2.00 bits per heavy atom. The van der Waals surface area contributed by atoms with Crippen molar-refractivity contribution in [3.8, 4) is 5.75 Å². The van der Waals surface area contributed by atoms with Crippen molar-refractivity contribution < 1.29 is 14.3 Å². The monoisotopic (exact) mass is 421 g/mol. The summed E-state index contributed by atoms with van der Waals surface area (Å²) in [7, 11) is 0. The van der Waals surface area contributed by atoms with Crippen LogP contribution in [0.5, 0.6) is 5.75 Å². The Bertz CT molecular complexity index is 951. The van der Waals surface area contributed by atoms with Crippen LogP contribution in [0.4, 0.5) is 0 Å². The number of fused-ring (bicyclic) bond motifs is 1. The molecule has 0 bridgehead atoms. The Hall–Kier alpha value is -2.44. The summed E-state index contributed by atoms with van der Waals surface area (Å²) < 4.78 is 11.4. The van der Waals surface area contributed by atoms with E-state index in [1.807, 2.05) is 17.0 Å². The highest BCUT2D eigenvalue weighted by Crippen LogP contribution is 2.37. The highest BCUT2D eigenvalue weighted by Gasteiger charge is 2.31. The highest BCUT2D eigenvalue weighted by atomic mass is 16.5. The minimum absolute atomic E-state index is 0.0499. The number of carbonyl (C=O) groups is 1. The molecule has 1 atom stereocenters. The van der Waals surface area contributed by atoms with Crippen molar-refractivity contribution in [3.05, 3.63) is 58.9 Å². The molecule has 164 valence electrons. The second-order valence-electron chi connectivity index (χ2n) is 9.49. The number of pyridine rings is 1. The van der Waals surface area contributed by atoms with Crippen LogP contribution in [0.15, 0.2) is 36.5 Å². The molecule has 3 aliphatic rings. The first-order chi connectivity index (χ1) is 15.0. The summed E-state index contributed by atoms with van der Waals surface area (Å²) in [6.45, 7) is 8.79. The van der Waals surface area contributed by atoms with E-state index in [9.17, 15) is 4.79 Å². The lowest BCUT2D eigenvalue weighted by Crippen LogP contribution is -2.40. The molecule has 31 heavy (non-hydrogen) atoms. The molecule has 1 aromatic carbocycles.